The van der Waals surface area contributed by atoms with Gasteiger partial charge in [0, 0.05) is 16.8 Å². The van der Waals surface area contributed by atoms with Crippen LogP contribution in [0.4, 0.5) is 11.4 Å². The van der Waals surface area contributed by atoms with Crippen LogP contribution in [0, 0.1) is 41.5 Å². The molecule has 2 aromatic carbocycles. The minimum Gasteiger partial charge on any atom is -1.00 e. The Bertz CT molecular complexity index is 777. The van der Waals surface area contributed by atoms with Crippen molar-refractivity contribution in [2.75, 3.05) is 18.1 Å². The van der Waals surface area contributed by atoms with Crippen molar-refractivity contribution in [1.29, 1.82) is 0 Å². The summed E-state index contributed by atoms with van der Waals surface area (Å²) in [5, 5.41) is 0. The zero-order valence-corrected chi connectivity index (χ0v) is 18.3. The van der Waals surface area contributed by atoms with Crippen LogP contribution >= 0.6 is 0 Å². The Kier molecular flexibility index (Phi) is 5.80. The SMILES string of the molecule is Cc1cc(C)c(N2C[NH+](c3c(C)cc(C)cc3C)CC2(C)C)c(C)c1.[Cl-]. The van der Waals surface area contributed by atoms with Gasteiger partial charge in [-0.2, -0.15) is 0 Å². The second-order valence-corrected chi connectivity index (χ2v) is 8.70. The third-order valence-electron chi connectivity index (χ3n) is 5.66. The van der Waals surface area contributed by atoms with Crippen molar-refractivity contribution in [1.82, 2.24) is 0 Å². The summed E-state index contributed by atoms with van der Waals surface area (Å²) in [7, 11) is 0. The van der Waals surface area contributed by atoms with Crippen molar-refractivity contribution in [3.8, 4) is 0 Å². The summed E-state index contributed by atoms with van der Waals surface area (Å²) < 4.78 is 0. The van der Waals surface area contributed by atoms with Gasteiger partial charge in [-0.25, -0.2) is 0 Å². The first-order chi connectivity index (χ1) is 11.6. The van der Waals surface area contributed by atoms with Gasteiger partial charge in [-0.3, -0.25) is 4.90 Å². The van der Waals surface area contributed by atoms with Crippen LogP contribution in [-0.2, 0) is 0 Å². The van der Waals surface area contributed by atoms with Crippen molar-refractivity contribution in [2.24, 2.45) is 0 Å². The second kappa shape index (κ2) is 7.25. The molecule has 0 bridgehead atoms. The normalized spacial score (nSPS) is 18.8. The Hall–Kier alpha value is -1.51. The Labute approximate surface area is 165 Å². The summed E-state index contributed by atoms with van der Waals surface area (Å²) in [5.41, 5.74) is 11.4. The first-order valence-electron chi connectivity index (χ1n) is 9.38. The lowest BCUT2D eigenvalue weighted by Gasteiger charge is -2.32. The van der Waals surface area contributed by atoms with Crippen molar-refractivity contribution in [3.05, 3.63) is 57.6 Å². The summed E-state index contributed by atoms with van der Waals surface area (Å²) >= 11 is 0. The molecule has 1 unspecified atom stereocenters. The van der Waals surface area contributed by atoms with Gasteiger partial charge in [0.1, 0.15) is 12.2 Å². The molecule has 3 heteroatoms. The number of quaternary nitrogens is 1. The molecule has 2 aromatic rings. The highest BCUT2D eigenvalue weighted by Gasteiger charge is 2.43. The molecule has 0 aromatic heterocycles. The number of benzene rings is 2. The van der Waals surface area contributed by atoms with Crippen LogP contribution < -0.4 is 22.2 Å². The van der Waals surface area contributed by atoms with Crippen LogP contribution in [0.15, 0.2) is 24.3 Å². The van der Waals surface area contributed by atoms with Crippen molar-refractivity contribution >= 4 is 11.4 Å². The van der Waals surface area contributed by atoms with E-state index < -0.39 is 0 Å². The molecular weight excluding hydrogens is 340 g/mol. The number of nitrogens with zero attached hydrogens (tertiary/aromatic N) is 1. The van der Waals surface area contributed by atoms with Crippen molar-refractivity contribution in [2.45, 2.75) is 60.9 Å². The molecule has 1 heterocycles. The van der Waals surface area contributed by atoms with Crippen LogP contribution in [0.2, 0.25) is 0 Å². The largest absolute Gasteiger partial charge is 1.00 e. The lowest BCUT2D eigenvalue weighted by atomic mass is 9.98. The zero-order valence-electron chi connectivity index (χ0n) is 17.5. The quantitative estimate of drug-likeness (QED) is 0.835. The molecule has 1 atom stereocenters. The van der Waals surface area contributed by atoms with E-state index >= 15 is 0 Å². The third-order valence-corrected chi connectivity index (χ3v) is 5.66. The number of halogens is 1. The first kappa shape index (κ1) is 20.8. The minimum atomic E-state index is 0. The van der Waals surface area contributed by atoms with Crippen LogP contribution in [0.3, 0.4) is 0 Å². The Morgan fingerprint density at radius 3 is 1.65 bits per heavy atom. The molecule has 3 rings (SSSR count). The molecule has 2 nitrogen and oxygen atoms in total. The maximum absolute atomic E-state index is 2.63. The highest BCUT2D eigenvalue weighted by molar-refractivity contribution is 5.62. The van der Waals surface area contributed by atoms with E-state index in [1.54, 1.807) is 4.90 Å². The molecule has 1 aliphatic heterocycles. The van der Waals surface area contributed by atoms with Crippen molar-refractivity contribution in [3.63, 3.8) is 0 Å². The highest BCUT2D eigenvalue weighted by Crippen LogP contribution is 2.33. The number of anilines is 1. The second-order valence-electron chi connectivity index (χ2n) is 8.70. The van der Waals surface area contributed by atoms with Crippen LogP contribution in [-0.4, -0.2) is 18.8 Å². The fourth-order valence-electron chi connectivity index (χ4n) is 4.96. The maximum Gasteiger partial charge on any atom is 0.158 e. The Balaban J connectivity index is 0.00000243. The van der Waals surface area contributed by atoms with E-state index in [9.17, 15) is 0 Å². The molecule has 0 spiro atoms. The summed E-state index contributed by atoms with van der Waals surface area (Å²) in [6.45, 7) is 20.4. The van der Waals surface area contributed by atoms with Gasteiger partial charge in [0.2, 0.25) is 0 Å². The maximum atomic E-state index is 2.63. The highest BCUT2D eigenvalue weighted by atomic mass is 35.5. The van der Waals surface area contributed by atoms with E-state index in [-0.39, 0.29) is 17.9 Å². The minimum absolute atomic E-state index is 0. The number of hydrogen-bond acceptors (Lipinski definition) is 1. The average Bonchev–Trinajstić information content (AvgIpc) is 2.72. The molecule has 1 aliphatic rings. The molecule has 1 saturated heterocycles. The van der Waals surface area contributed by atoms with Gasteiger partial charge in [0.15, 0.2) is 6.67 Å². The predicted molar refractivity (Wildman–Crippen MR) is 108 cm³/mol. The molecule has 1 fully saturated rings. The van der Waals surface area contributed by atoms with E-state index in [1.165, 1.54) is 44.8 Å². The Morgan fingerprint density at radius 2 is 1.19 bits per heavy atom. The van der Waals surface area contributed by atoms with E-state index in [1.807, 2.05) is 0 Å². The fraction of sp³-hybridized carbons (Fsp3) is 0.478. The molecule has 0 radical (unpaired) electrons. The monoisotopic (exact) mass is 372 g/mol. The average molecular weight is 373 g/mol. The lowest BCUT2D eigenvalue weighted by molar-refractivity contribution is -0.820. The molecule has 0 saturated carbocycles. The fourth-order valence-corrected chi connectivity index (χ4v) is 4.96. The number of rotatable bonds is 2. The van der Waals surface area contributed by atoms with Gasteiger partial charge in [0.25, 0.3) is 0 Å². The van der Waals surface area contributed by atoms with Crippen molar-refractivity contribution < 1.29 is 17.3 Å². The van der Waals surface area contributed by atoms with Gasteiger partial charge in [-0.1, -0.05) is 35.4 Å². The van der Waals surface area contributed by atoms with Gasteiger partial charge in [-0.15, -0.1) is 0 Å². The predicted octanol–water partition coefficient (Wildman–Crippen LogP) is 1.31. The summed E-state index contributed by atoms with van der Waals surface area (Å²) in [6, 6.07) is 9.29. The van der Waals surface area contributed by atoms with E-state index in [0.717, 1.165) is 13.2 Å². The Morgan fingerprint density at radius 1 is 0.769 bits per heavy atom. The van der Waals surface area contributed by atoms with E-state index in [2.05, 4.69) is 84.6 Å². The van der Waals surface area contributed by atoms with Gasteiger partial charge in [-0.05, 0) is 66.5 Å². The van der Waals surface area contributed by atoms with Gasteiger partial charge < -0.3 is 17.3 Å². The molecular formula is C23H33ClN2. The van der Waals surface area contributed by atoms with Crippen LogP contribution in [0.25, 0.3) is 0 Å². The molecule has 0 amide bonds. The summed E-state index contributed by atoms with van der Waals surface area (Å²) in [4.78, 5) is 4.21. The van der Waals surface area contributed by atoms with E-state index in [4.69, 9.17) is 0 Å². The van der Waals surface area contributed by atoms with Crippen LogP contribution in [0.5, 0.6) is 0 Å². The molecule has 26 heavy (non-hydrogen) atoms. The van der Waals surface area contributed by atoms with Gasteiger partial charge in [0.05, 0.1) is 5.54 Å². The summed E-state index contributed by atoms with van der Waals surface area (Å²) in [5.74, 6) is 0. The molecule has 142 valence electrons. The zero-order chi connectivity index (χ0) is 18.5. The molecule has 0 aliphatic carbocycles. The number of nitrogens with one attached hydrogen (secondary N) is 1. The van der Waals surface area contributed by atoms with E-state index in [0.29, 0.717) is 0 Å². The summed E-state index contributed by atoms with van der Waals surface area (Å²) in [6.07, 6.45) is 0. The lowest BCUT2D eigenvalue weighted by Crippen LogP contribution is -3.06. The smallest absolute Gasteiger partial charge is 0.158 e. The standard InChI is InChI=1S/C23H32N2.ClH/c1-15-9-17(3)21(18(4)10-15)24-13-23(7,8)25(14-24)22-19(5)11-16(2)12-20(22)6;/h9-12H,13-14H2,1-8H3;1H. The number of hydrogen-bond donors (Lipinski definition) is 1. The molecule has 1 N–H and O–H groups in total. The van der Waals surface area contributed by atoms with Gasteiger partial charge >= 0.3 is 0 Å². The first-order valence-corrected chi connectivity index (χ1v) is 9.38. The third kappa shape index (κ3) is 3.63. The van der Waals surface area contributed by atoms with Crippen LogP contribution in [0.1, 0.15) is 47.2 Å². The number of aryl methyl sites for hydroxylation is 6. The topological polar surface area (TPSA) is 7.68 Å².